The van der Waals surface area contributed by atoms with Gasteiger partial charge in [0, 0.05) is 6.42 Å². The fourth-order valence-electron chi connectivity index (χ4n) is 0.921. The SMILES string of the molecule is C=CCCC(=O)Oc1ccccc1Cl. The van der Waals surface area contributed by atoms with Crippen LogP contribution in [0.15, 0.2) is 36.9 Å². The van der Waals surface area contributed by atoms with Crippen molar-refractivity contribution in [2.45, 2.75) is 12.8 Å². The minimum absolute atomic E-state index is 0.294. The van der Waals surface area contributed by atoms with Crippen LogP contribution in [0.25, 0.3) is 0 Å². The minimum Gasteiger partial charge on any atom is -0.425 e. The number of hydrogen-bond donors (Lipinski definition) is 0. The van der Waals surface area contributed by atoms with Crippen molar-refractivity contribution in [1.82, 2.24) is 0 Å². The van der Waals surface area contributed by atoms with Crippen LogP contribution in [0.3, 0.4) is 0 Å². The van der Waals surface area contributed by atoms with Crippen molar-refractivity contribution < 1.29 is 9.53 Å². The Morgan fingerprint density at radius 1 is 1.50 bits per heavy atom. The Hall–Kier alpha value is -1.28. The van der Waals surface area contributed by atoms with Crippen LogP contribution in [0.4, 0.5) is 0 Å². The third-order valence-corrected chi connectivity index (χ3v) is 1.93. The Labute approximate surface area is 88.1 Å². The van der Waals surface area contributed by atoms with Crippen LogP contribution in [0.2, 0.25) is 5.02 Å². The first-order valence-corrected chi connectivity index (χ1v) is 4.68. The van der Waals surface area contributed by atoms with Gasteiger partial charge in [-0.05, 0) is 18.6 Å². The van der Waals surface area contributed by atoms with Gasteiger partial charge in [0.15, 0.2) is 0 Å². The molecule has 1 aromatic carbocycles. The molecule has 0 radical (unpaired) electrons. The Morgan fingerprint density at radius 2 is 2.21 bits per heavy atom. The Morgan fingerprint density at radius 3 is 2.86 bits per heavy atom. The molecule has 0 aromatic heterocycles. The molecule has 0 heterocycles. The van der Waals surface area contributed by atoms with E-state index in [0.717, 1.165) is 0 Å². The Bertz CT molecular complexity index is 334. The van der Waals surface area contributed by atoms with Gasteiger partial charge < -0.3 is 4.74 Å². The van der Waals surface area contributed by atoms with Crippen LogP contribution < -0.4 is 4.74 Å². The van der Waals surface area contributed by atoms with Gasteiger partial charge in [0.05, 0.1) is 5.02 Å². The Kier molecular flexibility index (Phi) is 4.20. The fraction of sp³-hybridized carbons (Fsp3) is 0.182. The zero-order valence-electron chi connectivity index (χ0n) is 7.70. The summed E-state index contributed by atoms with van der Waals surface area (Å²) in [5.74, 6) is 0.112. The molecule has 0 atom stereocenters. The number of para-hydroxylation sites is 1. The highest BCUT2D eigenvalue weighted by atomic mass is 35.5. The molecule has 0 saturated carbocycles. The fourth-order valence-corrected chi connectivity index (χ4v) is 1.10. The van der Waals surface area contributed by atoms with E-state index in [4.69, 9.17) is 16.3 Å². The molecule has 1 rings (SSSR count). The van der Waals surface area contributed by atoms with E-state index < -0.39 is 0 Å². The van der Waals surface area contributed by atoms with E-state index in [1.54, 1.807) is 30.3 Å². The third-order valence-electron chi connectivity index (χ3n) is 1.61. The molecule has 0 amide bonds. The molecule has 0 aliphatic heterocycles. The van der Waals surface area contributed by atoms with Crippen molar-refractivity contribution in [1.29, 1.82) is 0 Å². The molecular weight excluding hydrogens is 200 g/mol. The number of allylic oxidation sites excluding steroid dienone is 1. The molecule has 14 heavy (non-hydrogen) atoms. The van der Waals surface area contributed by atoms with Gasteiger partial charge in [-0.2, -0.15) is 0 Å². The summed E-state index contributed by atoms with van der Waals surface area (Å²) in [7, 11) is 0. The summed E-state index contributed by atoms with van der Waals surface area (Å²) in [6.07, 6.45) is 2.62. The predicted molar refractivity (Wildman–Crippen MR) is 56.5 cm³/mol. The number of hydrogen-bond acceptors (Lipinski definition) is 2. The number of esters is 1. The molecule has 0 aliphatic carbocycles. The average molecular weight is 211 g/mol. The van der Waals surface area contributed by atoms with E-state index in [2.05, 4.69) is 6.58 Å². The van der Waals surface area contributed by atoms with Crippen molar-refractivity contribution in [2.75, 3.05) is 0 Å². The minimum atomic E-state index is -0.294. The normalized spacial score (nSPS) is 9.50. The molecule has 0 unspecified atom stereocenters. The van der Waals surface area contributed by atoms with Gasteiger partial charge in [-0.3, -0.25) is 4.79 Å². The van der Waals surface area contributed by atoms with Crippen LogP contribution in [0.5, 0.6) is 5.75 Å². The van der Waals surface area contributed by atoms with Crippen molar-refractivity contribution in [3.05, 3.63) is 41.9 Å². The molecule has 3 heteroatoms. The van der Waals surface area contributed by atoms with Crippen LogP contribution in [-0.2, 0) is 4.79 Å². The highest BCUT2D eigenvalue weighted by Crippen LogP contribution is 2.23. The molecule has 1 aromatic rings. The van der Waals surface area contributed by atoms with E-state index >= 15 is 0 Å². The van der Waals surface area contributed by atoms with Crippen LogP contribution in [0, 0.1) is 0 Å². The molecule has 74 valence electrons. The van der Waals surface area contributed by atoms with E-state index in [9.17, 15) is 4.79 Å². The van der Waals surface area contributed by atoms with E-state index in [1.807, 2.05) is 0 Å². The van der Waals surface area contributed by atoms with Gasteiger partial charge in [0.2, 0.25) is 0 Å². The maximum Gasteiger partial charge on any atom is 0.311 e. The van der Waals surface area contributed by atoms with Gasteiger partial charge in [-0.15, -0.1) is 6.58 Å². The molecular formula is C11H11ClO2. The number of rotatable bonds is 4. The first kappa shape index (κ1) is 10.8. The summed E-state index contributed by atoms with van der Waals surface area (Å²) in [4.78, 5) is 11.2. The summed E-state index contributed by atoms with van der Waals surface area (Å²) >= 11 is 5.80. The highest BCUT2D eigenvalue weighted by Gasteiger charge is 2.05. The molecule has 0 bridgehead atoms. The molecule has 0 saturated heterocycles. The second-order valence-corrected chi connectivity index (χ2v) is 3.14. The summed E-state index contributed by atoms with van der Waals surface area (Å²) in [6.45, 7) is 3.52. The standard InChI is InChI=1S/C11H11ClO2/c1-2-3-8-11(13)14-10-7-5-4-6-9(10)12/h2,4-7H,1,3,8H2. The second-order valence-electron chi connectivity index (χ2n) is 2.73. The predicted octanol–water partition coefficient (Wildman–Crippen LogP) is 3.21. The van der Waals surface area contributed by atoms with Crippen LogP contribution in [0.1, 0.15) is 12.8 Å². The van der Waals surface area contributed by atoms with E-state index in [-0.39, 0.29) is 5.97 Å². The second kappa shape index (κ2) is 5.45. The summed E-state index contributed by atoms with van der Waals surface area (Å²) in [5.41, 5.74) is 0. The average Bonchev–Trinajstić information content (AvgIpc) is 2.18. The molecule has 0 spiro atoms. The summed E-state index contributed by atoms with van der Waals surface area (Å²) in [6, 6.07) is 6.89. The molecule has 0 aliphatic rings. The first-order chi connectivity index (χ1) is 6.74. The first-order valence-electron chi connectivity index (χ1n) is 4.30. The van der Waals surface area contributed by atoms with E-state index in [1.165, 1.54) is 0 Å². The third kappa shape index (κ3) is 3.23. The topological polar surface area (TPSA) is 26.3 Å². The van der Waals surface area contributed by atoms with Gasteiger partial charge in [-0.25, -0.2) is 0 Å². The molecule has 0 fully saturated rings. The number of carbonyl (C=O) groups is 1. The number of carbonyl (C=O) groups excluding carboxylic acids is 1. The van der Waals surface area contributed by atoms with Gasteiger partial charge in [0.1, 0.15) is 5.75 Å². The quantitative estimate of drug-likeness (QED) is 0.433. The van der Waals surface area contributed by atoms with Crippen LogP contribution >= 0.6 is 11.6 Å². The molecule has 0 N–H and O–H groups in total. The van der Waals surface area contributed by atoms with Crippen LogP contribution in [-0.4, -0.2) is 5.97 Å². The number of ether oxygens (including phenoxy) is 1. The zero-order chi connectivity index (χ0) is 10.4. The van der Waals surface area contributed by atoms with Crippen molar-refractivity contribution in [3.8, 4) is 5.75 Å². The lowest BCUT2D eigenvalue weighted by Gasteiger charge is -2.04. The molecule has 2 nitrogen and oxygen atoms in total. The number of halogens is 1. The largest absolute Gasteiger partial charge is 0.425 e. The van der Waals surface area contributed by atoms with Gasteiger partial charge >= 0.3 is 5.97 Å². The summed E-state index contributed by atoms with van der Waals surface area (Å²) < 4.78 is 5.03. The van der Waals surface area contributed by atoms with E-state index in [0.29, 0.717) is 23.6 Å². The lowest BCUT2D eigenvalue weighted by molar-refractivity contribution is -0.134. The van der Waals surface area contributed by atoms with Crippen molar-refractivity contribution in [3.63, 3.8) is 0 Å². The lowest BCUT2D eigenvalue weighted by atomic mass is 10.3. The monoisotopic (exact) mass is 210 g/mol. The van der Waals surface area contributed by atoms with Crippen molar-refractivity contribution in [2.24, 2.45) is 0 Å². The zero-order valence-corrected chi connectivity index (χ0v) is 8.46. The Balaban J connectivity index is 2.56. The van der Waals surface area contributed by atoms with Gasteiger partial charge in [0.25, 0.3) is 0 Å². The van der Waals surface area contributed by atoms with Gasteiger partial charge in [-0.1, -0.05) is 29.8 Å². The highest BCUT2D eigenvalue weighted by molar-refractivity contribution is 6.32. The number of benzene rings is 1. The maximum atomic E-state index is 11.2. The smallest absolute Gasteiger partial charge is 0.311 e. The summed E-state index contributed by atoms with van der Waals surface area (Å²) in [5, 5.41) is 0.444. The maximum absolute atomic E-state index is 11.2. The lowest BCUT2D eigenvalue weighted by Crippen LogP contribution is -2.07. The van der Waals surface area contributed by atoms with Crippen molar-refractivity contribution >= 4 is 17.6 Å².